The first kappa shape index (κ1) is 13.9. The first-order valence-electron chi connectivity index (χ1n) is 6.09. The van der Waals surface area contributed by atoms with Gasteiger partial charge in [0.15, 0.2) is 0 Å². The second-order valence-electron chi connectivity index (χ2n) is 4.35. The Hall–Kier alpha value is -2.03. The number of thiophene rings is 1. The molecule has 1 aromatic carbocycles. The van der Waals surface area contributed by atoms with E-state index in [9.17, 15) is 8.42 Å². The number of rotatable bonds is 4. The lowest BCUT2D eigenvalue weighted by Gasteiger charge is -2.17. The molecular formula is C13H13N3O3S2. The van der Waals surface area contributed by atoms with Crippen LogP contribution in [0, 0.1) is 0 Å². The van der Waals surface area contributed by atoms with Gasteiger partial charge in [0.25, 0.3) is 10.0 Å². The predicted octanol–water partition coefficient (Wildman–Crippen LogP) is 2.23. The van der Waals surface area contributed by atoms with Crippen molar-refractivity contribution in [1.82, 2.24) is 10.6 Å². The first-order valence-corrected chi connectivity index (χ1v) is 8.45. The number of hydrogen-bond acceptors (Lipinski definition) is 6. The summed E-state index contributed by atoms with van der Waals surface area (Å²) < 4.78 is 27.6. The molecule has 0 amide bonds. The van der Waals surface area contributed by atoms with E-state index in [1.807, 2.05) is 12.1 Å². The molecule has 1 aliphatic heterocycles. The number of nitrogens with zero attached hydrogens (tertiary/aromatic N) is 1. The van der Waals surface area contributed by atoms with Crippen molar-refractivity contribution in [3.63, 3.8) is 0 Å². The highest BCUT2D eigenvalue weighted by molar-refractivity contribution is 7.94. The Kier molecular flexibility index (Phi) is 3.58. The van der Waals surface area contributed by atoms with Crippen LogP contribution < -0.4 is 10.3 Å². The van der Waals surface area contributed by atoms with E-state index in [0.29, 0.717) is 5.69 Å². The van der Waals surface area contributed by atoms with Crippen molar-refractivity contribution in [2.45, 2.75) is 4.21 Å². The molecule has 0 saturated heterocycles. The monoisotopic (exact) mass is 323 g/mol. The van der Waals surface area contributed by atoms with Crippen LogP contribution in [0.25, 0.3) is 5.70 Å². The van der Waals surface area contributed by atoms with Gasteiger partial charge in [0.1, 0.15) is 16.2 Å². The third-order valence-electron chi connectivity index (χ3n) is 2.93. The molecule has 8 heteroatoms. The van der Waals surface area contributed by atoms with Gasteiger partial charge >= 0.3 is 0 Å². The van der Waals surface area contributed by atoms with Gasteiger partial charge in [0, 0.05) is 12.6 Å². The number of anilines is 1. The first-order chi connectivity index (χ1) is 10.1. The average molecular weight is 323 g/mol. The van der Waals surface area contributed by atoms with E-state index in [4.69, 9.17) is 4.84 Å². The molecule has 0 unspecified atom stereocenters. The minimum Gasteiger partial charge on any atom is -0.395 e. The van der Waals surface area contributed by atoms with Crippen LogP contribution in [-0.2, 0) is 14.9 Å². The molecule has 0 atom stereocenters. The lowest BCUT2D eigenvalue weighted by molar-refractivity contribution is 0.0553. The molecule has 0 aliphatic carbocycles. The Morgan fingerprint density at radius 2 is 2.05 bits per heavy atom. The number of benzene rings is 1. The van der Waals surface area contributed by atoms with Gasteiger partial charge in [-0.05, 0) is 17.5 Å². The van der Waals surface area contributed by atoms with Gasteiger partial charge in [-0.1, -0.05) is 29.9 Å². The zero-order chi connectivity index (χ0) is 14.9. The van der Waals surface area contributed by atoms with Crippen molar-refractivity contribution in [2.75, 3.05) is 11.8 Å². The number of hydrazine groups is 1. The highest BCUT2D eigenvalue weighted by Crippen LogP contribution is 2.29. The summed E-state index contributed by atoms with van der Waals surface area (Å²) in [6.07, 6.45) is 1.53. The lowest BCUT2D eigenvalue weighted by atomic mass is 10.1. The summed E-state index contributed by atoms with van der Waals surface area (Å²) in [5, 5.41) is 3.39. The van der Waals surface area contributed by atoms with Gasteiger partial charge in [-0.2, -0.15) is 0 Å². The Labute approximate surface area is 126 Å². The number of hydrogen-bond donors (Lipinski definition) is 2. The highest BCUT2D eigenvalue weighted by atomic mass is 32.2. The summed E-state index contributed by atoms with van der Waals surface area (Å²) >= 11 is 1.18. The zero-order valence-corrected chi connectivity index (χ0v) is 12.7. The number of nitrogens with one attached hydrogen (secondary N) is 2. The van der Waals surface area contributed by atoms with Crippen LogP contribution in [0.2, 0.25) is 0 Å². The van der Waals surface area contributed by atoms with Crippen LogP contribution in [0.3, 0.4) is 0 Å². The predicted molar refractivity (Wildman–Crippen MR) is 81.5 cm³/mol. The van der Waals surface area contributed by atoms with Gasteiger partial charge in [0.2, 0.25) is 0 Å². The van der Waals surface area contributed by atoms with E-state index >= 15 is 0 Å². The van der Waals surface area contributed by atoms with Crippen LogP contribution in [0.15, 0.2) is 52.2 Å². The van der Waals surface area contributed by atoms with Crippen LogP contribution >= 0.6 is 11.3 Å². The Morgan fingerprint density at radius 1 is 1.24 bits per heavy atom. The standard InChI is InChI=1S/C13H13N3O3S2/c1-16-12(9-19-15-16)10-5-2-3-6-11(10)14-21(17,18)13-7-4-8-20-13/h2-9,14-15H,1H3. The molecule has 3 rings (SSSR count). The van der Waals surface area contributed by atoms with Gasteiger partial charge in [-0.15, -0.1) is 11.3 Å². The molecule has 0 radical (unpaired) electrons. The lowest BCUT2D eigenvalue weighted by Crippen LogP contribution is -2.26. The Bertz CT molecular complexity index is 770. The maximum atomic E-state index is 12.3. The third kappa shape index (κ3) is 2.73. The summed E-state index contributed by atoms with van der Waals surface area (Å²) in [5.41, 5.74) is 4.61. The number of sulfonamides is 1. The molecule has 2 aromatic rings. The Balaban J connectivity index is 1.97. The second-order valence-corrected chi connectivity index (χ2v) is 7.21. The summed E-state index contributed by atoms with van der Waals surface area (Å²) in [4.78, 5) is 5.02. The van der Waals surface area contributed by atoms with Crippen molar-refractivity contribution >= 4 is 32.7 Å². The molecule has 1 aliphatic rings. The van der Waals surface area contributed by atoms with Gasteiger partial charge in [-0.3, -0.25) is 9.73 Å². The van der Waals surface area contributed by atoms with Crippen LogP contribution in [0.4, 0.5) is 5.69 Å². The van der Waals surface area contributed by atoms with E-state index < -0.39 is 10.0 Å². The molecule has 1 aromatic heterocycles. The maximum Gasteiger partial charge on any atom is 0.271 e. The fourth-order valence-corrected chi connectivity index (χ4v) is 4.01. The summed E-state index contributed by atoms with van der Waals surface area (Å²) in [6, 6.07) is 10.4. The maximum absolute atomic E-state index is 12.3. The van der Waals surface area contributed by atoms with Crippen LogP contribution in [-0.4, -0.2) is 20.5 Å². The fourth-order valence-electron chi connectivity index (χ4n) is 1.94. The summed E-state index contributed by atoms with van der Waals surface area (Å²) in [5.74, 6) is 0. The van der Waals surface area contributed by atoms with Gasteiger partial charge in [-0.25, -0.2) is 8.42 Å². The molecule has 0 saturated carbocycles. The van der Waals surface area contributed by atoms with E-state index in [1.54, 1.807) is 41.7 Å². The normalized spacial score (nSPS) is 14.7. The Morgan fingerprint density at radius 3 is 2.71 bits per heavy atom. The molecule has 6 nitrogen and oxygen atoms in total. The summed E-state index contributed by atoms with van der Waals surface area (Å²) in [6.45, 7) is 0. The van der Waals surface area contributed by atoms with Crippen molar-refractivity contribution in [2.24, 2.45) is 0 Å². The zero-order valence-electron chi connectivity index (χ0n) is 11.1. The van der Waals surface area contributed by atoms with Gasteiger partial charge < -0.3 is 4.84 Å². The van der Waals surface area contributed by atoms with E-state index in [1.165, 1.54) is 17.6 Å². The smallest absolute Gasteiger partial charge is 0.271 e. The molecule has 21 heavy (non-hydrogen) atoms. The molecule has 2 heterocycles. The molecule has 110 valence electrons. The third-order valence-corrected chi connectivity index (χ3v) is 5.69. The largest absolute Gasteiger partial charge is 0.395 e. The minimum atomic E-state index is -3.58. The minimum absolute atomic E-state index is 0.278. The van der Waals surface area contributed by atoms with E-state index in [2.05, 4.69) is 10.3 Å². The van der Waals surface area contributed by atoms with Gasteiger partial charge in [0.05, 0.1) is 5.69 Å². The van der Waals surface area contributed by atoms with E-state index in [-0.39, 0.29) is 4.21 Å². The van der Waals surface area contributed by atoms with E-state index in [0.717, 1.165) is 11.3 Å². The summed E-state index contributed by atoms with van der Waals surface area (Å²) in [7, 11) is -1.80. The van der Waals surface area contributed by atoms with Crippen LogP contribution in [0.5, 0.6) is 0 Å². The SMILES string of the molecule is CN1NOC=C1c1ccccc1NS(=O)(=O)c1cccs1. The van der Waals surface area contributed by atoms with Crippen molar-refractivity contribution < 1.29 is 13.3 Å². The topological polar surface area (TPSA) is 70.7 Å². The van der Waals surface area contributed by atoms with Crippen LogP contribution in [0.1, 0.15) is 5.56 Å². The van der Waals surface area contributed by atoms with Crippen molar-refractivity contribution in [3.8, 4) is 0 Å². The number of para-hydroxylation sites is 1. The molecule has 0 fully saturated rings. The average Bonchev–Trinajstić information content (AvgIpc) is 3.10. The highest BCUT2D eigenvalue weighted by Gasteiger charge is 2.21. The molecule has 0 spiro atoms. The quantitative estimate of drug-likeness (QED) is 0.903. The molecule has 2 N–H and O–H groups in total. The molecule has 0 bridgehead atoms. The second kappa shape index (κ2) is 5.40. The molecular weight excluding hydrogens is 310 g/mol. The fraction of sp³-hybridized carbons (Fsp3) is 0.0769. The van der Waals surface area contributed by atoms with Crippen molar-refractivity contribution in [3.05, 3.63) is 53.6 Å². The van der Waals surface area contributed by atoms with Crippen molar-refractivity contribution in [1.29, 1.82) is 0 Å².